The number of rotatable bonds is 9. The van der Waals surface area contributed by atoms with Crippen molar-refractivity contribution in [3.8, 4) is 11.5 Å². The number of benzene rings is 3. The Balaban J connectivity index is 1.57. The van der Waals surface area contributed by atoms with Crippen molar-refractivity contribution in [1.29, 1.82) is 0 Å². The smallest absolute Gasteiger partial charge is 0.255 e. The van der Waals surface area contributed by atoms with Crippen LogP contribution in [-0.2, 0) is 4.79 Å². The number of carbonyl (C=O) groups is 3. The fourth-order valence-electron chi connectivity index (χ4n) is 2.98. The van der Waals surface area contributed by atoms with Gasteiger partial charge in [0.25, 0.3) is 5.91 Å². The minimum Gasteiger partial charge on any atom is -0.493 e. The number of hydrogen-bond acceptors (Lipinski definition) is 6. The van der Waals surface area contributed by atoms with E-state index in [1.54, 1.807) is 54.6 Å². The van der Waals surface area contributed by atoms with Gasteiger partial charge in [-0.15, -0.1) is 11.8 Å². The molecular formula is C25H24N2O5S. The van der Waals surface area contributed by atoms with Crippen molar-refractivity contribution in [2.24, 2.45) is 0 Å². The van der Waals surface area contributed by atoms with Gasteiger partial charge in [-0.1, -0.05) is 6.07 Å². The standard InChI is InChI=1S/C25H24N2O5S/c1-16(28)17-7-10-19(11-8-17)26-24(29)15-33-21-6-4-5-20(14-21)27-25(30)18-9-12-22(31-2)23(13-18)32-3/h4-14H,15H2,1-3H3,(H,26,29)(H,27,30). The van der Waals surface area contributed by atoms with Gasteiger partial charge in [0.1, 0.15) is 0 Å². The number of methoxy groups -OCH3 is 2. The summed E-state index contributed by atoms with van der Waals surface area (Å²) in [5.41, 5.74) is 2.26. The molecule has 0 fully saturated rings. The molecule has 0 heterocycles. The number of ether oxygens (including phenoxy) is 2. The molecule has 0 saturated heterocycles. The molecule has 7 nitrogen and oxygen atoms in total. The third kappa shape index (κ3) is 6.60. The molecule has 0 aliphatic carbocycles. The van der Waals surface area contributed by atoms with E-state index >= 15 is 0 Å². The van der Waals surface area contributed by atoms with Gasteiger partial charge in [0.15, 0.2) is 17.3 Å². The number of thioether (sulfide) groups is 1. The second-order valence-corrected chi connectivity index (χ2v) is 8.07. The van der Waals surface area contributed by atoms with Gasteiger partial charge in [-0.2, -0.15) is 0 Å². The van der Waals surface area contributed by atoms with E-state index in [2.05, 4.69) is 10.6 Å². The Morgan fingerprint density at radius 3 is 2.15 bits per heavy atom. The molecule has 0 radical (unpaired) electrons. The maximum atomic E-state index is 12.6. The van der Waals surface area contributed by atoms with Crippen LogP contribution in [0.15, 0.2) is 71.6 Å². The largest absolute Gasteiger partial charge is 0.493 e. The monoisotopic (exact) mass is 464 g/mol. The van der Waals surface area contributed by atoms with Crippen LogP contribution in [0.1, 0.15) is 27.6 Å². The van der Waals surface area contributed by atoms with E-state index in [4.69, 9.17) is 9.47 Å². The molecule has 33 heavy (non-hydrogen) atoms. The fourth-order valence-corrected chi connectivity index (χ4v) is 3.73. The molecule has 0 aliphatic heterocycles. The van der Waals surface area contributed by atoms with Crippen molar-refractivity contribution in [3.05, 3.63) is 77.9 Å². The highest BCUT2D eigenvalue weighted by Gasteiger charge is 2.12. The zero-order valence-corrected chi connectivity index (χ0v) is 19.3. The van der Waals surface area contributed by atoms with Crippen LogP contribution in [0.2, 0.25) is 0 Å². The highest BCUT2D eigenvalue weighted by atomic mass is 32.2. The van der Waals surface area contributed by atoms with Crippen LogP contribution < -0.4 is 20.1 Å². The number of nitrogens with one attached hydrogen (secondary N) is 2. The Bertz CT molecular complexity index is 1160. The normalized spacial score (nSPS) is 10.3. The van der Waals surface area contributed by atoms with Crippen molar-refractivity contribution in [3.63, 3.8) is 0 Å². The molecule has 170 valence electrons. The highest BCUT2D eigenvalue weighted by Crippen LogP contribution is 2.28. The quantitative estimate of drug-likeness (QED) is 0.346. The molecule has 8 heteroatoms. The molecular weight excluding hydrogens is 440 g/mol. The zero-order chi connectivity index (χ0) is 23.8. The van der Waals surface area contributed by atoms with Crippen molar-refractivity contribution in [2.45, 2.75) is 11.8 Å². The average Bonchev–Trinajstić information content (AvgIpc) is 2.82. The molecule has 0 spiro atoms. The lowest BCUT2D eigenvalue weighted by Gasteiger charge is -2.11. The molecule has 0 unspecified atom stereocenters. The Morgan fingerprint density at radius 1 is 0.788 bits per heavy atom. The average molecular weight is 465 g/mol. The summed E-state index contributed by atoms with van der Waals surface area (Å²) in [6.45, 7) is 1.49. The minimum absolute atomic E-state index is 0.0264. The van der Waals surface area contributed by atoms with Crippen molar-refractivity contribution in [2.75, 3.05) is 30.6 Å². The first-order valence-corrected chi connectivity index (χ1v) is 11.0. The number of anilines is 2. The van der Waals surface area contributed by atoms with Crippen LogP contribution in [-0.4, -0.2) is 37.6 Å². The minimum atomic E-state index is -0.287. The predicted molar refractivity (Wildman–Crippen MR) is 130 cm³/mol. The SMILES string of the molecule is COc1ccc(C(=O)Nc2cccc(SCC(=O)Nc3ccc(C(C)=O)cc3)c2)cc1OC. The lowest BCUT2D eigenvalue weighted by Crippen LogP contribution is -2.14. The number of amides is 2. The Labute approximate surface area is 196 Å². The first kappa shape index (κ1) is 23.9. The van der Waals surface area contributed by atoms with Crippen LogP contribution in [0.3, 0.4) is 0 Å². The Hall–Kier alpha value is -3.78. The van der Waals surface area contributed by atoms with Crippen LogP contribution in [0.25, 0.3) is 0 Å². The molecule has 0 saturated carbocycles. The maximum Gasteiger partial charge on any atom is 0.255 e. The van der Waals surface area contributed by atoms with E-state index in [9.17, 15) is 14.4 Å². The lowest BCUT2D eigenvalue weighted by molar-refractivity contribution is -0.113. The van der Waals surface area contributed by atoms with E-state index in [0.717, 1.165) is 4.90 Å². The first-order valence-electron chi connectivity index (χ1n) is 10.1. The summed E-state index contributed by atoms with van der Waals surface area (Å²) in [6.07, 6.45) is 0. The van der Waals surface area contributed by atoms with E-state index in [1.165, 1.54) is 32.9 Å². The molecule has 0 bridgehead atoms. The summed E-state index contributed by atoms with van der Waals surface area (Å²) in [7, 11) is 3.04. The maximum absolute atomic E-state index is 12.6. The molecule has 2 N–H and O–H groups in total. The topological polar surface area (TPSA) is 93.7 Å². The third-order valence-electron chi connectivity index (χ3n) is 4.68. The van der Waals surface area contributed by atoms with Crippen molar-refractivity contribution < 1.29 is 23.9 Å². The van der Waals surface area contributed by atoms with Crippen LogP contribution >= 0.6 is 11.8 Å². The molecule has 0 aliphatic rings. The molecule has 0 atom stereocenters. The predicted octanol–water partition coefficient (Wildman–Crippen LogP) is 4.89. The van der Waals surface area contributed by atoms with Gasteiger partial charge in [0.2, 0.25) is 5.91 Å². The van der Waals surface area contributed by atoms with Crippen LogP contribution in [0.5, 0.6) is 11.5 Å². The molecule has 0 aromatic heterocycles. The second-order valence-electron chi connectivity index (χ2n) is 7.02. The van der Waals surface area contributed by atoms with Gasteiger partial charge < -0.3 is 20.1 Å². The molecule has 3 aromatic rings. The van der Waals surface area contributed by atoms with E-state index < -0.39 is 0 Å². The molecule has 2 amide bonds. The van der Waals surface area contributed by atoms with Gasteiger partial charge >= 0.3 is 0 Å². The summed E-state index contributed by atoms with van der Waals surface area (Å²) >= 11 is 1.35. The van der Waals surface area contributed by atoms with Gasteiger partial charge in [-0.3, -0.25) is 14.4 Å². The van der Waals surface area contributed by atoms with Gasteiger partial charge in [0.05, 0.1) is 20.0 Å². The van der Waals surface area contributed by atoms with Gasteiger partial charge in [0, 0.05) is 27.4 Å². The van der Waals surface area contributed by atoms with Crippen LogP contribution in [0, 0.1) is 0 Å². The third-order valence-corrected chi connectivity index (χ3v) is 5.68. The van der Waals surface area contributed by atoms with E-state index in [0.29, 0.717) is 34.0 Å². The summed E-state index contributed by atoms with van der Waals surface area (Å²) in [5, 5.41) is 5.66. The summed E-state index contributed by atoms with van der Waals surface area (Å²) in [6, 6.07) is 18.9. The lowest BCUT2D eigenvalue weighted by atomic mass is 10.1. The van der Waals surface area contributed by atoms with Crippen molar-refractivity contribution in [1.82, 2.24) is 0 Å². The van der Waals surface area contributed by atoms with Crippen LogP contribution in [0.4, 0.5) is 11.4 Å². The van der Waals surface area contributed by atoms with Gasteiger partial charge in [-0.25, -0.2) is 0 Å². The van der Waals surface area contributed by atoms with E-state index in [1.807, 2.05) is 12.1 Å². The summed E-state index contributed by atoms with van der Waals surface area (Å²) in [5.74, 6) is 0.722. The second kappa shape index (κ2) is 11.2. The molecule has 3 aromatic carbocycles. The highest BCUT2D eigenvalue weighted by molar-refractivity contribution is 8.00. The zero-order valence-electron chi connectivity index (χ0n) is 18.5. The Kier molecular flexibility index (Phi) is 8.10. The molecule has 3 rings (SSSR count). The van der Waals surface area contributed by atoms with Gasteiger partial charge in [-0.05, 0) is 67.6 Å². The summed E-state index contributed by atoms with van der Waals surface area (Å²) < 4.78 is 10.4. The Morgan fingerprint density at radius 2 is 1.48 bits per heavy atom. The van der Waals surface area contributed by atoms with E-state index in [-0.39, 0.29) is 23.4 Å². The van der Waals surface area contributed by atoms with Crippen molar-refractivity contribution >= 4 is 40.7 Å². The number of carbonyl (C=O) groups excluding carboxylic acids is 3. The first-order chi connectivity index (χ1) is 15.9. The number of ketones is 1. The number of Topliss-reactive ketones (excluding diaryl/α,β-unsaturated/α-hetero) is 1. The number of hydrogen-bond donors (Lipinski definition) is 2. The summed E-state index contributed by atoms with van der Waals surface area (Å²) in [4.78, 5) is 37.1. The fraction of sp³-hybridized carbons (Fsp3) is 0.160.